The molecule has 6 unspecified atom stereocenters. The van der Waals surface area contributed by atoms with Crippen molar-refractivity contribution in [1.29, 1.82) is 0 Å². The fourth-order valence-electron chi connectivity index (χ4n) is 10.7. The molecule has 0 N–H and O–H groups in total. The van der Waals surface area contributed by atoms with Crippen LogP contribution >= 0.6 is 0 Å². The van der Waals surface area contributed by atoms with Crippen LogP contribution < -0.4 is 0 Å². The second-order valence-electron chi connectivity index (χ2n) is 22.1. The van der Waals surface area contributed by atoms with Gasteiger partial charge in [-0.3, -0.25) is 0 Å². The zero-order valence-electron chi connectivity index (χ0n) is 44.6. The fraction of sp³-hybridized carbons (Fsp3) is 0.967. The predicted octanol–water partition coefficient (Wildman–Crippen LogP) is 19.3. The molecule has 6 nitrogen and oxygen atoms in total. The van der Waals surface area contributed by atoms with Gasteiger partial charge in [-0.2, -0.15) is 0 Å². The second kappa shape index (κ2) is 44.4. The highest BCUT2D eigenvalue weighted by molar-refractivity contribution is 4.94. The molecule has 0 spiro atoms. The quantitative estimate of drug-likeness (QED) is 0.0262. The third-order valence-electron chi connectivity index (χ3n) is 15.7. The normalized spacial score (nSPS) is 21.6. The molecule has 3 rings (SSSR count). The SMILES string of the molecule is CCCCCCCCC1CC1CCCCCCCCOOCC(COOCCCCCCCCC1CC1CCCCCCCC)OOCCCCCCCC/C=C/CC1CC1CCCCC. The van der Waals surface area contributed by atoms with Gasteiger partial charge < -0.3 is 0 Å². The van der Waals surface area contributed by atoms with E-state index in [1.165, 1.54) is 257 Å². The highest BCUT2D eigenvalue weighted by Crippen LogP contribution is 2.47. The summed E-state index contributed by atoms with van der Waals surface area (Å²) >= 11 is 0. The topological polar surface area (TPSA) is 55.4 Å². The van der Waals surface area contributed by atoms with Crippen LogP contribution in [0.1, 0.15) is 297 Å². The summed E-state index contributed by atoms with van der Waals surface area (Å²) in [6.45, 7) is 9.26. The van der Waals surface area contributed by atoms with Crippen LogP contribution in [-0.2, 0) is 29.3 Å². The first-order valence-electron chi connectivity index (χ1n) is 30.2. The third kappa shape index (κ3) is 36.4. The summed E-state index contributed by atoms with van der Waals surface area (Å²) < 4.78 is 0. The van der Waals surface area contributed by atoms with Crippen molar-refractivity contribution in [3.8, 4) is 0 Å². The van der Waals surface area contributed by atoms with Crippen LogP contribution in [0.5, 0.6) is 0 Å². The van der Waals surface area contributed by atoms with Crippen LogP contribution in [0.15, 0.2) is 12.2 Å². The zero-order valence-corrected chi connectivity index (χ0v) is 44.6. The molecule has 6 atom stereocenters. The van der Waals surface area contributed by atoms with E-state index in [0.717, 1.165) is 54.8 Å². The van der Waals surface area contributed by atoms with Gasteiger partial charge in [0.25, 0.3) is 0 Å². The van der Waals surface area contributed by atoms with Crippen LogP contribution in [0, 0.1) is 35.5 Å². The molecule has 0 heterocycles. The van der Waals surface area contributed by atoms with Crippen LogP contribution in [0.3, 0.4) is 0 Å². The van der Waals surface area contributed by atoms with E-state index in [9.17, 15) is 0 Å². The minimum absolute atomic E-state index is 0.264. The number of allylic oxidation sites excluding steroid dienone is 2. The molecule has 0 radical (unpaired) electrons. The number of unbranched alkanes of at least 4 members (excludes halogenated alkanes) is 28. The third-order valence-corrected chi connectivity index (χ3v) is 15.7. The van der Waals surface area contributed by atoms with Gasteiger partial charge in [0.2, 0.25) is 0 Å². The van der Waals surface area contributed by atoms with Gasteiger partial charge in [-0.05, 0) is 93.3 Å². The van der Waals surface area contributed by atoms with Gasteiger partial charge in [-0.25, -0.2) is 29.3 Å². The Morgan fingerprint density at radius 2 is 0.636 bits per heavy atom. The highest BCUT2D eigenvalue weighted by Gasteiger charge is 2.36. The van der Waals surface area contributed by atoms with Crippen LogP contribution in [0.25, 0.3) is 0 Å². The Bertz CT molecular complexity index is 985. The Kier molecular flexibility index (Phi) is 40.3. The minimum atomic E-state index is -0.390. The van der Waals surface area contributed by atoms with E-state index in [4.69, 9.17) is 29.3 Å². The van der Waals surface area contributed by atoms with Crippen molar-refractivity contribution in [2.75, 3.05) is 33.0 Å². The number of rotatable bonds is 55. The first-order chi connectivity index (χ1) is 32.7. The van der Waals surface area contributed by atoms with Crippen molar-refractivity contribution in [3.63, 3.8) is 0 Å². The lowest BCUT2D eigenvalue weighted by Crippen LogP contribution is -2.26. The molecule has 66 heavy (non-hydrogen) atoms. The standard InChI is InChI=1S/C60H114O6/c1-4-7-10-12-23-32-41-56-50-58(56)44-35-26-18-21-28-37-46-61-64-52-60(66-63-48-39-30-20-16-14-15-17-25-34-43-55-49-54(55)40-31-9-6-3)53-65-62-47-38-29-22-19-27-36-45-59-51-57(59)42-33-24-13-11-8-5-2/h25,34,54-60H,4-24,26-33,35-53H2,1-3H3/b34-25+. The maximum Gasteiger partial charge on any atom is 0.146 e. The Morgan fingerprint density at radius 3 is 1.08 bits per heavy atom. The summed E-state index contributed by atoms with van der Waals surface area (Å²) in [4.78, 5) is 33.7. The molecule has 0 bridgehead atoms. The summed E-state index contributed by atoms with van der Waals surface area (Å²) in [5.74, 6) is 6.27. The van der Waals surface area contributed by atoms with Gasteiger partial charge >= 0.3 is 0 Å². The Labute approximate surface area is 411 Å². The lowest BCUT2D eigenvalue weighted by atomic mass is 10.0. The molecule has 6 heteroatoms. The molecule has 0 aromatic rings. The van der Waals surface area contributed by atoms with E-state index in [1.807, 2.05) is 0 Å². The zero-order chi connectivity index (χ0) is 46.6. The van der Waals surface area contributed by atoms with E-state index < -0.39 is 6.10 Å². The maximum atomic E-state index is 5.75. The summed E-state index contributed by atoms with van der Waals surface area (Å²) in [5, 5.41) is 0. The average Bonchev–Trinajstić information content (AvgIpc) is 4.27. The monoisotopic (exact) mass is 931 g/mol. The van der Waals surface area contributed by atoms with Crippen molar-refractivity contribution in [2.24, 2.45) is 35.5 Å². The minimum Gasteiger partial charge on any atom is -0.237 e. The van der Waals surface area contributed by atoms with Crippen molar-refractivity contribution in [1.82, 2.24) is 0 Å². The van der Waals surface area contributed by atoms with E-state index in [0.29, 0.717) is 19.8 Å². The van der Waals surface area contributed by atoms with Gasteiger partial charge in [0.1, 0.15) is 19.3 Å². The van der Waals surface area contributed by atoms with Crippen LogP contribution in [0.4, 0.5) is 0 Å². The lowest BCUT2D eigenvalue weighted by molar-refractivity contribution is -0.393. The van der Waals surface area contributed by atoms with Crippen molar-refractivity contribution >= 4 is 0 Å². The van der Waals surface area contributed by atoms with Gasteiger partial charge in [0.05, 0.1) is 19.8 Å². The second-order valence-corrected chi connectivity index (χ2v) is 22.1. The van der Waals surface area contributed by atoms with E-state index in [1.54, 1.807) is 0 Å². The molecule has 0 aromatic carbocycles. The largest absolute Gasteiger partial charge is 0.237 e. The van der Waals surface area contributed by atoms with Crippen molar-refractivity contribution in [2.45, 2.75) is 303 Å². The Morgan fingerprint density at radius 1 is 0.318 bits per heavy atom. The molecular formula is C60H114O6. The number of hydrogen-bond acceptors (Lipinski definition) is 6. The van der Waals surface area contributed by atoms with E-state index >= 15 is 0 Å². The first-order valence-corrected chi connectivity index (χ1v) is 30.2. The first kappa shape index (κ1) is 59.8. The Hall–Kier alpha value is -0.500. The molecule has 0 aromatic heterocycles. The van der Waals surface area contributed by atoms with Gasteiger partial charge in [0, 0.05) is 0 Å². The average molecular weight is 932 g/mol. The van der Waals surface area contributed by atoms with Crippen LogP contribution in [0.2, 0.25) is 0 Å². The van der Waals surface area contributed by atoms with Crippen LogP contribution in [-0.4, -0.2) is 39.1 Å². The Balaban J connectivity index is 1.12. The highest BCUT2D eigenvalue weighted by atomic mass is 17.2. The molecule has 3 aliphatic rings. The summed E-state index contributed by atoms with van der Waals surface area (Å²) in [6.07, 6.45) is 63.1. The van der Waals surface area contributed by atoms with Crippen molar-refractivity contribution < 1.29 is 29.3 Å². The summed E-state index contributed by atoms with van der Waals surface area (Å²) in [7, 11) is 0. The molecule has 3 saturated carbocycles. The molecular weight excluding hydrogens is 817 g/mol. The van der Waals surface area contributed by atoms with E-state index in [2.05, 4.69) is 32.9 Å². The molecule has 0 amide bonds. The molecule has 0 saturated heterocycles. The number of hydrogen-bond donors (Lipinski definition) is 0. The molecule has 0 aliphatic heterocycles. The molecule has 390 valence electrons. The maximum absolute atomic E-state index is 5.75. The summed E-state index contributed by atoms with van der Waals surface area (Å²) in [6, 6.07) is 0. The van der Waals surface area contributed by atoms with E-state index in [-0.39, 0.29) is 13.2 Å². The van der Waals surface area contributed by atoms with Crippen molar-refractivity contribution in [3.05, 3.63) is 12.2 Å². The molecule has 3 aliphatic carbocycles. The predicted molar refractivity (Wildman–Crippen MR) is 280 cm³/mol. The smallest absolute Gasteiger partial charge is 0.146 e. The molecule has 3 fully saturated rings. The fourth-order valence-corrected chi connectivity index (χ4v) is 10.7. The van der Waals surface area contributed by atoms with Gasteiger partial charge in [0.15, 0.2) is 0 Å². The summed E-state index contributed by atoms with van der Waals surface area (Å²) in [5.41, 5.74) is 0. The van der Waals surface area contributed by atoms with Gasteiger partial charge in [-0.15, -0.1) is 0 Å². The lowest BCUT2D eigenvalue weighted by Gasteiger charge is -2.16. The van der Waals surface area contributed by atoms with Gasteiger partial charge in [-0.1, -0.05) is 251 Å².